The van der Waals surface area contributed by atoms with Crippen molar-refractivity contribution in [1.82, 2.24) is 9.21 Å². The molecule has 0 atom stereocenters. The Hall–Kier alpha value is -1.93. The number of amides is 2. The molecule has 30 heavy (non-hydrogen) atoms. The van der Waals surface area contributed by atoms with E-state index in [2.05, 4.69) is 0 Å². The molecule has 0 radical (unpaired) electrons. The van der Waals surface area contributed by atoms with E-state index in [1.807, 2.05) is 4.90 Å². The summed E-state index contributed by atoms with van der Waals surface area (Å²) in [5, 5.41) is 0. The Bertz CT molecular complexity index is 903. The van der Waals surface area contributed by atoms with Crippen LogP contribution in [-0.4, -0.2) is 62.2 Å². The van der Waals surface area contributed by atoms with Gasteiger partial charge in [0, 0.05) is 38.3 Å². The van der Waals surface area contributed by atoms with Crippen molar-refractivity contribution in [2.45, 2.75) is 62.7 Å². The number of carbonyl (C=O) groups is 2. The zero-order chi connectivity index (χ0) is 21.1. The summed E-state index contributed by atoms with van der Waals surface area (Å²) in [5.74, 6) is -0.0911. The Morgan fingerprint density at radius 1 is 0.867 bits per heavy atom. The summed E-state index contributed by atoms with van der Waals surface area (Å²) in [4.78, 5) is 29.3. The standard InChI is InChI=1S/C22H31N3O4S/c26-21-9-7-8-18-16-19(30(28,29)24-14-5-2-6-15-24)10-11-20(18)25(21)17-22(27)23-12-3-1-4-13-23/h10-11,16H,1-9,12-15,17H2. The topological polar surface area (TPSA) is 78.0 Å². The van der Waals surface area contributed by atoms with Gasteiger partial charge < -0.3 is 9.80 Å². The highest BCUT2D eigenvalue weighted by Crippen LogP contribution is 2.31. The Labute approximate surface area is 179 Å². The van der Waals surface area contributed by atoms with Crippen LogP contribution < -0.4 is 4.90 Å². The van der Waals surface area contributed by atoms with E-state index >= 15 is 0 Å². The van der Waals surface area contributed by atoms with E-state index in [9.17, 15) is 18.0 Å². The quantitative estimate of drug-likeness (QED) is 0.731. The second-order valence-corrected chi connectivity index (χ2v) is 10.5. The highest BCUT2D eigenvalue weighted by molar-refractivity contribution is 7.89. The predicted molar refractivity (Wildman–Crippen MR) is 115 cm³/mol. The first-order chi connectivity index (χ1) is 14.5. The van der Waals surface area contributed by atoms with E-state index in [0.717, 1.165) is 57.2 Å². The first kappa shape index (κ1) is 21.3. The van der Waals surface area contributed by atoms with Crippen molar-refractivity contribution < 1.29 is 18.0 Å². The zero-order valence-corrected chi connectivity index (χ0v) is 18.3. The molecule has 0 spiro atoms. The number of hydrogen-bond acceptors (Lipinski definition) is 4. The van der Waals surface area contributed by atoms with Crippen molar-refractivity contribution in [2.24, 2.45) is 0 Å². The molecule has 0 saturated carbocycles. The highest BCUT2D eigenvalue weighted by Gasteiger charge is 2.30. The Morgan fingerprint density at radius 2 is 1.53 bits per heavy atom. The van der Waals surface area contributed by atoms with Gasteiger partial charge in [-0.15, -0.1) is 0 Å². The van der Waals surface area contributed by atoms with Crippen LogP contribution in [0.4, 0.5) is 5.69 Å². The predicted octanol–water partition coefficient (Wildman–Crippen LogP) is 2.54. The first-order valence-electron chi connectivity index (χ1n) is 11.2. The SMILES string of the molecule is O=C(CN1C(=O)CCCc2cc(S(=O)(=O)N3CCCCC3)ccc21)N1CCCCC1. The molecule has 164 valence electrons. The molecule has 0 aromatic heterocycles. The number of anilines is 1. The van der Waals surface area contributed by atoms with Gasteiger partial charge in [0.25, 0.3) is 0 Å². The summed E-state index contributed by atoms with van der Waals surface area (Å²) in [5.41, 5.74) is 1.52. The van der Waals surface area contributed by atoms with Crippen LogP contribution >= 0.6 is 0 Å². The number of carbonyl (C=O) groups excluding carboxylic acids is 2. The molecule has 2 saturated heterocycles. The highest BCUT2D eigenvalue weighted by atomic mass is 32.2. The molecule has 2 fully saturated rings. The van der Waals surface area contributed by atoms with Crippen LogP contribution in [0.15, 0.2) is 23.1 Å². The molecular weight excluding hydrogens is 402 g/mol. The summed E-state index contributed by atoms with van der Waals surface area (Å²) in [6.07, 6.45) is 7.68. The number of nitrogens with zero attached hydrogens (tertiary/aromatic N) is 3. The minimum absolute atomic E-state index is 0.0269. The number of rotatable bonds is 4. The fourth-order valence-corrected chi connectivity index (χ4v) is 6.26. The van der Waals surface area contributed by atoms with Crippen LogP contribution in [0.25, 0.3) is 0 Å². The molecule has 1 aromatic rings. The van der Waals surface area contributed by atoms with Gasteiger partial charge in [-0.25, -0.2) is 8.42 Å². The largest absolute Gasteiger partial charge is 0.341 e. The van der Waals surface area contributed by atoms with Crippen LogP contribution in [0.2, 0.25) is 0 Å². The lowest BCUT2D eigenvalue weighted by molar-refractivity contribution is -0.132. The number of piperidine rings is 2. The monoisotopic (exact) mass is 433 g/mol. The third kappa shape index (κ3) is 4.39. The second-order valence-electron chi connectivity index (χ2n) is 8.53. The van der Waals surface area contributed by atoms with E-state index in [4.69, 9.17) is 0 Å². The molecule has 1 aromatic carbocycles. The molecule has 7 nitrogen and oxygen atoms in total. The molecule has 0 N–H and O–H groups in total. The minimum Gasteiger partial charge on any atom is -0.341 e. The van der Waals surface area contributed by atoms with E-state index in [-0.39, 0.29) is 18.4 Å². The first-order valence-corrected chi connectivity index (χ1v) is 12.6. The number of aryl methyl sites for hydroxylation is 1. The zero-order valence-electron chi connectivity index (χ0n) is 17.5. The fourth-order valence-electron chi connectivity index (χ4n) is 4.69. The van der Waals surface area contributed by atoms with Crippen LogP contribution in [0.5, 0.6) is 0 Å². The molecule has 4 rings (SSSR count). The van der Waals surface area contributed by atoms with Crippen molar-refractivity contribution in [3.63, 3.8) is 0 Å². The summed E-state index contributed by atoms with van der Waals surface area (Å²) in [6, 6.07) is 5.04. The van der Waals surface area contributed by atoms with Gasteiger partial charge in [0.15, 0.2) is 0 Å². The van der Waals surface area contributed by atoms with Gasteiger partial charge in [0.05, 0.1) is 4.90 Å². The smallest absolute Gasteiger partial charge is 0.243 e. The van der Waals surface area contributed by atoms with Gasteiger partial charge in [-0.3, -0.25) is 9.59 Å². The lowest BCUT2D eigenvalue weighted by Crippen LogP contribution is -2.44. The van der Waals surface area contributed by atoms with Crippen LogP contribution in [-0.2, 0) is 26.0 Å². The average Bonchev–Trinajstić information content (AvgIpc) is 2.93. The molecule has 0 unspecified atom stereocenters. The van der Waals surface area contributed by atoms with Gasteiger partial charge in [0.1, 0.15) is 6.54 Å². The number of hydrogen-bond donors (Lipinski definition) is 0. The lowest BCUT2D eigenvalue weighted by atomic mass is 10.1. The Morgan fingerprint density at radius 3 is 2.23 bits per heavy atom. The van der Waals surface area contributed by atoms with E-state index < -0.39 is 10.0 Å². The van der Waals surface area contributed by atoms with E-state index in [1.165, 1.54) is 0 Å². The maximum Gasteiger partial charge on any atom is 0.243 e. The molecule has 0 bridgehead atoms. The minimum atomic E-state index is -3.52. The normalized spacial score (nSPS) is 21.3. The Kier molecular flexibility index (Phi) is 6.43. The van der Waals surface area contributed by atoms with Gasteiger partial charge in [0.2, 0.25) is 21.8 Å². The van der Waals surface area contributed by atoms with Crippen LogP contribution in [0.1, 0.15) is 56.9 Å². The fraction of sp³-hybridized carbons (Fsp3) is 0.636. The van der Waals surface area contributed by atoms with Gasteiger partial charge in [-0.2, -0.15) is 4.31 Å². The number of sulfonamides is 1. The van der Waals surface area contributed by atoms with Crippen molar-refractivity contribution in [3.05, 3.63) is 23.8 Å². The van der Waals surface area contributed by atoms with Crippen molar-refractivity contribution in [2.75, 3.05) is 37.6 Å². The van der Waals surface area contributed by atoms with Gasteiger partial charge in [-0.05, 0) is 68.7 Å². The lowest BCUT2D eigenvalue weighted by Gasteiger charge is -2.30. The molecule has 3 aliphatic rings. The summed E-state index contributed by atoms with van der Waals surface area (Å²) >= 11 is 0. The molecule has 2 amide bonds. The molecular formula is C22H31N3O4S. The second kappa shape index (κ2) is 9.06. The van der Waals surface area contributed by atoms with Crippen molar-refractivity contribution in [3.8, 4) is 0 Å². The third-order valence-electron chi connectivity index (χ3n) is 6.43. The average molecular weight is 434 g/mol. The molecule has 0 aliphatic carbocycles. The van der Waals surface area contributed by atoms with Crippen molar-refractivity contribution >= 4 is 27.5 Å². The maximum absolute atomic E-state index is 13.1. The number of fused-ring (bicyclic) bond motifs is 1. The Balaban J connectivity index is 1.59. The van der Waals surface area contributed by atoms with Crippen molar-refractivity contribution in [1.29, 1.82) is 0 Å². The summed E-state index contributed by atoms with van der Waals surface area (Å²) in [6.45, 7) is 2.66. The van der Waals surface area contributed by atoms with Gasteiger partial charge in [-0.1, -0.05) is 6.42 Å². The molecule has 3 heterocycles. The molecule has 3 aliphatic heterocycles. The van der Waals surface area contributed by atoms with E-state index in [1.54, 1.807) is 27.4 Å². The number of benzene rings is 1. The molecule has 8 heteroatoms. The third-order valence-corrected chi connectivity index (χ3v) is 8.33. The van der Waals surface area contributed by atoms with E-state index in [0.29, 0.717) is 42.9 Å². The maximum atomic E-state index is 13.1. The summed E-state index contributed by atoms with van der Waals surface area (Å²) < 4.78 is 27.7. The van der Waals surface area contributed by atoms with Crippen LogP contribution in [0.3, 0.4) is 0 Å². The summed E-state index contributed by atoms with van der Waals surface area (Å²) in [7, 11) is -3.52. The van der Waals surface area contributed by atoms with Gasteiger partial charge >= 0.3 is 0 Å². The number of likely N-dealkylation sites (tertiary alicyclic amines) is 1. The van der Waals surface area contributed by atoms with Crippen LogP contribution in [0, 0.1) is 0 Å².